The smallest absolute Gasteiger partial charge is 0.237 e. The minimum atomic E-state index is -0.847. The van der Waals surface area contributed by atoms with E-state index in [2.05, 4.69) is 4.90 Å². The van der Waals surface area contributed by atoms with Gasteiger partial charge in [0.15, 0.2) is 0 Å². The highest BCUT2D eigenvalue weighted by Crippen LogP contribution is 2.30. The van der Waals surface area contributed by atoms with Crippen LogP contribution in [0.15, 0.2) is 0 Å². The summed E-state index contributed by atoms with van der Waals surface area (Å²) in [7, 11) is 0. The van der Waals surface area contributed by atoms with Crippen LogP contribution in [0.3, 0.4) is 0 Å². The Morgan fingerprint density at radius 1 is 1.25 bits per heavy atom. The third-order valence-corrected chi connectivity index (χ3v) is 3.98. The molecule has 0 bridgehead atoms. The van der Waals surface area contributed by atoms with Crippen molar-refractivity contribution < 1.29 is 14.3 Å². The van der Waals surface area contributed by atoms with Crippen LogP contribution in [0.5, 0.6) is 0 Å². The van der Waals surface area contributed by atoms with E-state index in [-0.39, 0.29) is 6.04 Å². The normalized spacial score (nSPS) is 26.3. The maximum absolute atomic E-state index is 11.4. The third-order valence-electron chi connectivity index (χ3n) is 3.98. The highest BCUT2D eigenvalue weighted by atomic mass is 16.5. The zero-order valence-corrected chi connectivity index (χ0v) is 12.8. The lowest BCUT2D eigenvalue weighted by atomic mass is 9.98. The fraction of sp³-hybridized carbons (Fsp3) is 0.929. The first kappa shape index (κ1) is 17.4. The van der Waals surface area contributed by atoms with Gasteiger partial charge in [0.05, 0.1) is 18.8 Å². The molecule has 4 N–H and O–H groups in total. The SMILES string of the molecule is CCOCCN(CCOCC)C1CCC(N)(C(N)=O)C1. The number of hydrogen-bond donors (Lipinski definition) is 2. The molecule has 1 fully saturated rings. The Kier molecular flexibility index (Phi) is 7.43. The molecule has 1 amide bonds. The maximum atomic E-state index is 11.4. The molecule has 0 spiro atoms. The first-order valence-corrected chi connectivity index (χ1v) is 7.51. The lowest BCUT2D eigenvalue weighted by molar-refractivity contribution is -0.123. The Bertz CT molecular complexity index is 291. The zero-order valence-electron chi connectivity index (χ0n) is 12.8. The van der Waals surface area contributed by atoms with Gasteiger partial charge in [-0.15, -0.1) is 0 Å². The van der Waals surface area contributed by atoms with Crippen molar-refractivity contribution in [1.82, 2.24) is 4.90 Å². The highest BCUT2D eigenvalue weighted by Gasteiger charge is 2.42. The van der Waals surface area contributed by atoms with Crippen molar-refractivity contribution in [2.24, 2.45) is 11.5 Å². The first-order valence-electron chi connectivity index (χ1n) is 7.51. The Labute approximate surface area is 121 Å². The van der Waals surface area contributed by atoms with E-state index in [0.29, 0.717) is 39.3 Å². The van der Waals surface area contributed by atoms with Crippen molar-refractivity contribution in [3.8, 4) is 0 Å². The number of carbonyl (C=O) groups excluding carboxylic acids is 1. The molecule has 0 radical (unpaired) electrons. The van der Waals surface area contributed by atoms with Crippen LogP contribution < -0.4 is 11.5 Å². The first-order chi connectivity index (χ1) is 9.53. The van der Waals surface area contributed by atoms with Crippen molar-refractivity contribution in [3.05, 3.63) is 0 Å². The summed E-state index contributed by atoms with van der Waals surface area (Å²) in [5.41, 5.74) is 10.6. The molecule has 1 rings (SSSR count). The van der Waals surface area contributed by atoms with Gasteiger partial charge in [-0.3, -0.25) is 9.69 Å². The zero-order chi connectivity index (χ0) is 15.0. The minimum Gasteiger partial charge on any atom is -0.380 e. The fourth-order valence-corrected chi connectivity index (χ4v) is 2.71. The van der Waals surface area contributed by atoms with E-state index in [1.165, 1.54) is 0 Å². The Morgan fingerprint density at radius 3 is 2.20 bits per heavy atom. The maximum Gasteiger partial charge on any atom is 0.237 e. The van der Waals surface area contributed by atoms with Gasteiger partial charge in [-0.25, -0.2) is 0 Å². The van der Waals surface area contributed by atoms with E-state index in [0.717, 1.165) is 19.5 Å². The molecular weight excluding hydrogens is 258 g/mol. The molecule has 2 atom stereocenters. The summed E-state index contributed by atoms with van der Waals surface area (Å²) in [4.78, 5) is 13.7. The van der Waals surface area contributed by atoms with Crippen molar-refractivity contribution in [1.29, 1.82) is 0 Å². The van der Waals surface area contributed by atoms with Gasteiger partial charge in [0.2, 0.25) is 5.91 Å². The molecule has 0 aromatic heterocycles. The predicted molar refractivity (Wildman–Crippen MR) is 78.3 cm³/mol. The number of hydrogen-bond acceptors (Lipinski definition) is 5. The molecule has 20 heavy (non-hydrogen) atoms. The van der Waals surface area contributed by atoms with Crippen LogP contribution >= 0.6 is 0 Å². The molecule has 1 aliphatic carbocycles. The average Bonchev–Trinajstić information content (AvgIpc) is 2.81. The van der Waals surface area contributed by atoms with Gasteiger partial charge in [0.1, 0.15) is 0 Å². The van der Waals surface area contributed by atoms with Crippen LogP contribution in [-0.2, 0) is 14.3 Å². The monoisotopic (exact) mass is 287 g/mol. The van der Waals surface area contributed by atoms with Gasteiger partial charge in [-0.2, -0.15) is 0 Å². The highest BCUT2D eigenvalue weighted by molar-refractivity contribution is 5.84. The second kappa shape index (κ2) is 8.56. The van der Waals surface area contributed by atoms with E-state index < -0.39 is 11.4 Å². The summed E-state index contributed by atoms with van der Waals surface area (Å²) in [6, 6.07) is 0.286. The summed E-state index contributed by atoms with van der Waals surface area (Å²) in [5, 5.41) is 0. The largest absolute Gasteiger partial charge is 0.380 e. The van der Waals surface area contributed by atoms with Crippen molar-refractivity contribution >= 4 is 5.91 Å². The Morgan fingerprint density at radius 2 is 1.80 bits per heavy atom. The van der Waals surface area contributed by atoms with Crippen molar-refractivity contribution in [2.45, 2.75) is 44.7 Å². The fourth-order valence-electron chi connectivity index (χ4n) is 2.71. The van der Waals surface area contributed by atoms with Gasteiger partial charge in [0.25, 0.3) is 0 Å². The number of nitrogens with zero attached hydrogens (tertiary/aromatic N) is 1. The summed E-state index contributed by atoms with van der Waals surface area (Å²) in [6.07, 6.45) is 2.19. The molecule has 1 aliphatic rings. The number of nitrogens with two attached hydrogens (primary N) is 2. The standard InChI is InChI=1S/C14H29N3O3/c1-3-19-9-7-17(8-10-20-4-2)12-5-6-14(16,11-12)13(15)18/h12H,3-11,16H2,1-2H3,(H2,15,18). The van der Waals surface area contributed by atoms with Gasteiger partial charge >= 0.3 is 0 Å². The molecule has 1 saturated carbocycles. The molecular formula is C14H29N3O3. The number of primary amides is 1. The second-order valence-electron chi connectivity index (χ2n) is 5.35. The van der Waals surface area contributed by atoms with Gasteiger partial charge in [0, 0.05) is 32.3 Å². The molecule has 0 aliphatic heterocycles. The minimum absolute atomic E-state index is 0.286. The molecule has 118 valence electrons. The summed E-state index contributed by atoms with van der Waals surface area (Å²) in [6.45, 7) is 8.44. The van der Waals surface area contributed by atoms with E-state index in [1.807, 2.05) is 13.8 Å². The van der Waals surface area contributed by atoms with Crippen molar-refractivity contribution in [2.75, 3.05) is 39.5 Å². The predicted octanol–water partition coefficient (Wildman–Crippen LogP) is 0.0967. The van der Waals surface area contributed by atoms with Crippen molar-refractivity contribution in [3.63, 3.8) is 0 Å². The number of ether oxygens (including phenoxy) is 2. The third kappa shape index (κ3) is 5.01. The second-order valence-corrected chi connectivity index (χ2v) is 5.35. The molecule has 2 unspecified atom stereocenters. The van der Waals surface area contributed by atoms with E-state index in [9.17, 15) is 4.79 Å². The Hall–Kier alpha value is -0.690. The van der Waals surface area contributed by atoms with Gasteiger partial charge < -0.3 is 20.9 Å². The van der Waals surface area contributed by atoms with E-state index >= 15 is 0 Å². The molecule has 0 aromatic rings. The molecule has 0 aromatic carbocycles. The molecule has 0 saturated heterocycles. The summed E-state index contributed by atoms with van der Waals surface area (Å²) in [5.74, 6) is -0.394. The quantitative estimate of drug-likeness (QED) is 0.556. The summed E-state index contributed by atoms with van der Waals surface area (Å²) >= 11 is 0. The van der Waals surface area contributed by atoms with Crippen LogP contribution in [0.1, 0.15) is 33.1 Å². The lowest BCUT2D eigenvalue weighted by Gasteiger charge is -2.29. The average molecular weight is 287 g/mol. The van der Waals surface area contributed by atoms with Gasteiger partial charge in [-0.05, 0) is 33.1 Å². The molecule has 6 nitrogen and oxygen atoms in total. The van der Waals surface area contributed by atoms with Crippen LogP contribution in [0.4, 0.5) is 0 Å². The molecule has 0 heterocycles. The van der Waals surface area contributed by atoms with E-state index in [4.69, 9.17) is 20.9 Å². The lowest BCUT2D eigenvalue weighted by Crippen LogP contribution is -2.51. The van der Waals surface area contributed by atoms with Crippen LogP contribution in [0.25, 0.3) is 0 Å². The van der Waals surface area contributed by atoms with E-state index in [1.54, 1.807) is 0 Å². The van der Waals surface area contributed by atoms with Crippen LogP contribution in [0, 0.1) is 0 Å². The summed E-state index contributed by atoms with van der Waals surface area (Å²) < 4.78 is 10.8. The topological polar surface area (TPSA) is 90.8 Å². The number of carbonyl (C=O) groups is 1. The van der Waals surface area contributed by atoms with Crippen LogP contribution in [-0.4, -0.2) is 61.9 Å². The van der Waals surface area contributed by atoms with Crippen LogP contribution in [0.2, 0.25) is 0 Å². The number of rotatable bonds is 10. The molecule has 6 heteroatoms. The van der Waals surface area contributed by atoms with Gasteiger partial charge in [-0.1, -0.05) is 0 Å². The Balaban J connectivity index is 2.51. The number of amides is 1.